The summed E-state index contributed by atoms with van der Waals surface area (Å²) in [6.07, 6.45) is 4.86. The Morgan fingerprint density at radius 1 is 1.20 bits per heavy atom. The van der Waals surface area contributed by atoms with Crippen molar-refractivity contribution in [3.05, 3.63) is 68.7 Å². The fourth-order valence-electron chi connectivity index (χ4n) is 3.23. The molecule has 30 heavy (non-hydrogen) atoms. The van der Waals surface area contributed by atoms with E-state index in [9.17, 15) is 14.9 Å². The van der Waals surface area contributed by atoms with Crippen LogP contribution in [-0.2, 0) is 10.5 Å². The number of hydrazone groups is 1. The average Bonchev–Trinajstić information content (AvgIpc) is 2.75. The molecule has 0 saturated carbocycles. The molecule has 0 atom stereocenters. The van der Waals surface area contributed by atoms with Gasteiger partial charge in [0.05, 0.1) is 16.9 Å². The van der Waals surface area contributed by atoms with Gasteiger partial charge in [0.15, 0.2) is 0 Å². The summed E-state index contributed by atoms with van der Waals surface area (Å²) < 4.78 is 0. The summed E-state index contributed by atoms with van der Waals surface area (Å²) in [6, 6.07) is 12.3. The first-order chi connectivity index (χ1) is 14.5. The maximum atomic E-state index is 12.1. The number of amides is 1. The molecule has 3 rings (SSSR count). The molecule has 0 unspecified atom stereocenters. The SMILES string of the molecule is O=C(CSCc1ccc(Cl)cc1)N/N=C\c1cc([N+](=O)[O-])ccc1N1CCCCC1. The van der Waals surface area contributed by atoms with Gasteiger partial charge in [0.1, 0.15) is 0 Å². The summed E-state index contributed by atoms with van der Waals surface area (Å²) in [5.41, 5.74) is 5.12. The highest BCUT2D eigenvalue weighted by Gasteiger charge is 2.17. The summed E-state index contributed by atoms with van der Waals surface area (Å²) in [7, 11) is 0. The van der Waals surface area contributed by atoms with Crippen molar-refractivity contribution in [2.24, 2.45) is 5.10 Å². The molecule has 1 amide bonds. The predicted octanol–water partition coefficient (Wildman–Crippen LogP) is 4.62. The third kappa shape index (κ3) is 6.47. The molecule has 1 aliphatic heterocycles. The second-order valence-electron chi connectivity index (χ2n) is 6.96. The summed E-state index contributed by atoms with van der Waals surface area (Å²) in [6.45, 7) is 1.82. The Morgan fingerprint density at radius 3 is 2.63 bits per heavy atom. The molecule has 7 nitrogen and oxygen atoms in total. The number of thioether (sulfide) groups is 1. The molecule has 1 fully saturated rings. The Morgan fingerprint density at radius 2 is 1.93 bits per heavy atom. The topological polar surface area (TPSA) is 87.8 Å². The van der Waals surface area contributed by atoms with E-state index in [4.69, 9.17) is 11.6 Å². The van der Waals surface area contributed by atoms with Gasteiger partial charge in [-0.2, -0.15) is 5.10 Å². The van der Waals surface area contributed by atoms with Gasteiger partial charge < -0.3 is 4.90 Å². The molecule has 1 saturated heterocycles. The first kappa shape index (κ1) is 22.1. The Balaban J connectivity index is 1.58. The number of nitrogens with zero attached hydrogens (tertiary/aromatic N) is 3. The van der Waals surface area contributed by atoms with Crippen LogP contribution >= 0.6 is 23.4 Å². The minimum Gasteiger partial charge on any atom is -0.371 e. The molecular weight excluding hydrogens is 424 g/mol. The van der Waals surface area contributed by atoms with Gasteiger partial charge in [-0.25, -0.2) is 5.43 Å². The Hall–Kier alpha value is -2.58. The molecule has 0 radical (unpaired) electrons. The number of non-ortho nitro benzene ring substituents is 1. The van der Waals surface area contributed by atoms with E-state index in [1.807, 2.05) is 24.3 Å². The molecule has 2 aromatic carbocycles. The number of rotatable bonds is 8. The van der Waals surface area contributed by atoms with Gasteiger partial charge in [0, 0.05) is 47.2 Å². The van der Waals surface area contributed by atoms with E-state index < -0.39 is 4.92 Å². The number of carbonyl (C=O) groups is 1. The van der Waals surface area contributed by atoms with Crippen molar-refractivity contribution in [1.82, 2.24) is 5.43 Å². The van der Waals surface area contributed by atoms with E-state index in [1.54, 1.807) is 6.07 Å². The number of nitro groups is 1. The molecule has 0 aromatic heterocycles. The first-order valence-electron chi connectivity index (χ1n) is 9.70. The molecule has 1 N–H and O–H groups in total. The molecule has 1 aliphatic rings. The van der Waals surface area contributed by atoms with E-state index in [0.717, 1.165) is 37.2 Å². The van der Waals surface area contributed by atoms with Crippen LogP contribution in [0, 0.1) is 10.1 Å². The van der Waals surface area contributed by atoms with Gasteiger partial charge in [0.2, 0.25) is 5.91 Å². The number of anilines is 1. The third-order valence-corrected chi connectivity index (χ3v) is 5.98. The fourth-order valence-corrected chi connectivity index (χ4v) is 4.14. The summed E-state index contributed by atoms with van der Waals surface area (Å²) >= 11 is 7.34. The molecule has 0 bridgehead atoms. The lowest BCUT2D eigenvalue weighted by Gasteiger charge is -2.29. The normalized spacial score (nSPS) is 14.1. The number of halogens is 1. The first-order valence-corrected chi connectivity index (χ1v) is 11.2. The van der Waals surface area contributed by atoms with Crippen LogP contribution in [0.25, 0.3) is 0 Å². The predicted molar refractivity (Wildman–Crippen MR) is 123 cm³/mol. The van der Waals surface area contributed by atoms with E-state index in [0.29, 0.717) is 16.3 Å². The van der Waals surface area contributed by atoms with Crippen LogP contribution in [0.2, 0.25) is 5.02 Å². The Kier molecular flexibility index (Phi) is 8.10. The summed E-state index contributed by atoms with van der Waals surface area (Å²) in [5, 5.41) is 15.9. The molecule has 9 heteroatoms. The van der Waals surface area contributed by atoms with Crippen LogP contribution in [0.4, 0.5) is 11.4 Å². The minimum absolute atomic E-state index is 0.00190. The van der Waals surface area contributed by atoms with Crippen molar-refractivity contribution in [2.75, 3.05) is 23.7 Å². The zero-order valence-corrected chi connectivity index (χ0v) is 18.0. The van der Waals surface area contributed by atoms with E-state index in [1.165, 1.54) is 36.5 Å². The minimum atomic E-state index is -0.427. The highest BCUT2D eigenvalue weighted by molar-refractivity contribution is 7.99. The van der Waals surface area contributed by atoms with Crippen molar-refractivity contribution in [1.29, 1.82) is 0 Å². The standard InChI is InChI=1S/C21H23ClN4O3S/c22-18-6-4-16(5-7-18)14-30-15-21(27)24-23-13-17-12-19(26(28)29)8-9-20(17)25-10-2-1-3-11-25/h4-9,12-13H,1-3,10-11,14-15H2,(H,24,27)/b23-13-. The van der Waals surface area contributed by atoms with E-state index >= 15 is 0 Å². The van der Waals surface area contributed by atoms with E-state index in [2.05, 4.69) is 15.4 Å². The van der Waals surface area contributed by atoms with Crippen LogP contribution in [-0.4, -0.2) is 35.9 Å². The lowest BCUT2D eigenvalue weighted by Crippen LogP contribution is -2.30. The lowest BCUT2D eigenvalue weighted by molar-refractivity contribution is -0.384. The Labute approximate surface area is 184 Å². The van der Waals surface area contributed by atoms with Gasteiger partial charge in [0.25, 0.3) is 5.69 Å². The van der Waals surface area contributed by atoms with Crippen molar-refractivity contribution in [3.8, 4) is 0 Å². The molecule has 158 valence electrons. The quantitative estimate of drug-likeness (QED) is 0.363. The monoisotopic (exact) mass is 446 g/mol. The third-order valence-electron chi connectivity index (χ3n) is 4.73. The van der Waals surface area contributed by atoms with Crippen molar-refractivity contribution in [2.45, 2.75) is 25.0 Å². The number of hydrogen-bond donors (Lipinski definition) is 1. The largest absolute Gasteiger partial charge is 0.371 e. The second kappa shape index (κ2) is 11.0. The van der Waals surface area contributed by atoms with Crippen LogP contribution in [0.1, 0.15) is 30.4 Å². The number of benzene rings is 2. The maximum absolute atomic E-state index is 12.1. The average molecular weight is 447 g/mol. The van der Waals surface area contributed by atoms with E-state index in [-0.39, 0.29) is 17.3 Å². The number of nitro benzene ring substituents is 1. The second-order valence-corrected chi connectivity index (χ2v) is 8.38. The van der Waals surface area contributed by atoms with Gasteiger partial charge in [-0.1, -0.05) is 23.7 Å². The highest BCUT2D eigenvalue weighted by Crippen LogP contribution is 2.27. The number of piperidine rings is 1. The van der Waals surface area contributed by atoms with Crippen molar-refractivity contribution < 1.29 is 9.72 Å². The smallest absolute Gasteiger partial charge is 0.270 e. The number of carbonyl (C=O) groups excluding carboxylic acids is 1. The summed E-state index contributed by atoms with van der Waals surface area (Å²) in [4.78, 5) is 25.0. The molecule has 0 aliphatic carbocycles. The van der Waals surface area contributed by atoms with Gasteiger partial charge in [-0.3, -0.25) is 14.9 Å². The van der Waals surface area contributed by atoms with Crippen LogP contribution in [0.3, 0.4) is 0 Å². The fraction of sp³-hybridized carbons (Fsp3) is 0.333. The zero-order valence-electron chi connectivity index (χ0n) is 16.4. The van der Waals surface area contributed by atoms with Crippen LogP contribution in [0.5, 0.6) is 0 Å². The summed E-state index contributed by atoms with van der Waals surface area (Å²) in [5.74, 6) is 0.724. The molecular formula is C21H23ClN4O3S. The van der Waals surface area contributed by atoms with Crippen LogP contribution < -0.4 is 10.3 Å². The highest BCUT2D eigenvalue weighted by atomic mass is 35.5. The van der Waals surface area contributed by atoms with Crippen LogP contribution in [0.15, 0.2) is 47.6 Å². The zero-order chi connectivity index (χ0) is 21.3. The maximum Gasteiger partial charge on any atom is 0.270 e. The van der Waals surface area contributed by atoms with Gasteiger partial charge in [-0.05, 0) is 43.0 Å². The lowest BCUT2D eigenvalue weighted by atomic mass is 10.1. The molecule has 1 heterocycles. The van der Waals surface area contributed by atoms with Crippen molar-refractivity contribution in [3.63, 3.8) is 0 Å². The van der Waals surface area contributed by atoms with Gasteiger partial charge in [-0.15, -0.1) is 11.8 Å². The molecule has 2 aromatic rings. The Bertz CT molecular complexity index is 915. The number of hydrogen-bond acceptors (Lipinski definition) is 6. The number of nitrogens with one attached hydrogen (secondary N) is 1. The van der Waals surface area contributed by atoms with Crippen molar-refractivity contribution >= 4 is 46.9 Å². The molecule has 0 spiro atoms. The van der Waals surface area contributed by atoms with Gasteiger partial charge >= 0.3 is 0 Å².